The molecule has 0 saturated carbocycles. The first-order valence-electron chi connectivity index (χ1n) is 8.27. The SMILES string of the molecule is CCCCC(NC(=O)c1csc(CCN)n1)c1ccc(OC)cc1. The number of carbonyl (C=O) groups excluding carboxylic acids is 1. The fourth-order valence-corrected chi connectivity index (χ4v) is 3.25. The number of amides is 1. The number of aromatic nitrogens is 1. The second kappa shape index (κ2) is 9.39. The third kappa shape index (κ3) is 5.04. The molecule has 6 heteroatoms. The third-order valence-corrected chi connectivity index (χ3v) is 4.72. The van der Waals surface area contributed by atoms with Gasteiger partial charge in [-0.15, -0.1) is 11.3 Å². The van der Waals surface area contributed by atoms with Crippen LogP contribution in [0.15, 0.2) is 29.6 Å². The number of nitrogens with zero attached hydrogens (tertiary/aromatic N) is 1. The summed E-state index contributed by atoms with van der Waals surface area (Å²) in [6.07, 6.45) is 3.73. The normalized spacial score (nSPS) is 12.0. The van der Waals surface area contributed by atoms with Crippen molar-refractivity contribution in [2.24, 2.45) is 5.73 Å². The van der Waals surface area contributed by atoms with Gasteiger partial charge in [-0.1, -0.05) is 31.9 Å². The predicted octanol–water partition coefficient (Wildman–Crippen LogP) is 3.31. The van der Waals surface area contributed by atoms with Crippen molar-refractivity contribution in [1.29, 1.82) is 0 Å². The minimum atomic E-state index is -0.133. The van der Waals surface area contributed by atoms with Crippen LogP contribution in [0.25, 0.3) is 0 Å². The highest BCUT2D eigenvalue weighted by molar-refractivity contribution is 7.09. The van der Waals surface area contributed by atoms with Crippen LogP contribution in [0.4, 0.5) is 0 Å². The lowest BCUT2D eigenvalue weighted by molar-refractivity contribution is 0.0929. The lowest BCUT2D eigenvalue weighted by atomic mass is 10.0. The fraction of sp³-hybridized carbons (Fsp3) is 0.444. The maximum atomic E-state index is 12.5. The van der Waals surface area contributed by atoms with Crippen LogP contribution in [0.5, 0.6) is 5.75 Å². The Balaban J connectivity index is 2.09. The summed E-state index contributed by atoms with van der Waals surface area (Å²) < 4.78 is 5.20. The molecule has 1 aromatic carbocycles. The van der Waals surface area contributed by atoms with Crippen molar-refractivity contribution in [2.45, 2.75) is 38.6 Å². The first-order valence-corrected chi connectivity index (χ1v) is 9.15. The van der Waals surface area contributed by atoms with E-state index in [0.717, 1.165) is 35.6 Å². The number of ether oxygens (including phenoxy) is 1. The van der Waals surface area contributed by atoms with Gasteiger partial charge in [-0.3, -0.25) is 4.79 Å². The van der Waals surface area contributed by atoms with Gasteiger partial charge in [0.15, 0.2) is 0 Å². The van der Waals surface area contributed by atoms with E-state index in [-0.39, 0.29) is 11.9 Å². The van der Waals surface area contributed by atoms with Crippen LogP contribution in [0.1, 0.15) is 53.3 Å². The Hall–Kier alpha value is -1.92. The molecule has 0 fully saturated rings. The van der Waals surface area contributed by atoms with Crippen molar-refractivity contribution in [3.63, 3.8) is 0 Å². The minimum absolute atomic E-state index is 0.0250. The lowest BCUT2D eigenvalue weighted by Gasteiger charge is -2.19. The number of hydrogen-bond acceptors (Lipinski definition) is 5. The largest absolute Gasteiger partial charge is 0.497 e. The van der Waals surface area contributed by atoms with E-state index in [1.165, 1.54) is 11.3 Å². The molecule has 1 aromatic heterocycles. The van der Waals surface area contributed by atoms with Gasteiger partial charge in [-0.05, 0) is 30.7 Å². The molecule has 5 nitrogen and oxygen atoms in total. The summed E-state index contributed by atoms with van der Waals surface area (Å²) in [6.45, 7) is 2.69. The molecule has 3 N–H and O–H groups in total. The quantitative estimate of drug-likeness (QED) is 0.729. The average Bonchev–Trinajstić information content (AvgIpc) is 3.07. The molecule has 1 amide bonds. The number of thiazole rings is 1. The molecular formula is C18H25N3O2S. The van der Waals surface area contributed by atoms with E-state index in [2.05, 4.69) is 17.2 Å². The first-order chi connectivity index (χ1) is 11.7. The molecule has 1 unspecified atom stereocenters. The number of benzene rings is 1. The molecule has 0 saturated heterocycles. The highest BCUT2D eigenvalue weighted by Crippen LogP contribution is 2.23. The molecule has 1 atom stereocenters. The number of nitrogens with two attached hydrogens (primary N) is 1. The number of rotatable bonds is 9. The number of unbranched alkanes of at least 4 members (excludes halogenated alkanes) is 1. The Morgan fingerprint density at radius 2 is 2.12 bits per heavy atom. The Morgan fingerprint density at radius 1 is 1.38 bits per heavy atom. The van der Waals surface area contributed by atoms with Crippen LogP contribution in [0.3, 0.4) is 0 Å². The summed E-state index contributed by atoms with van der Waals surface area (Å²) in [5, 5.41) is 5.81. The van der Waals surface area contributed by atoms with Crippen molar-refractivity contribution in [3.05, 3.63) is 45.9 Å². The van der Waals surface area contributed by atoms with E-state index in [1.54, 1.807) is 12.5 Å². The highest BCUT2D eigenvalue weighted by Gasteiger charge is 2.17. The molecular weight excluding hydrogens is 322 g/mol. The van der Waals surface area contributed by atoms with Gasteiger partial charge in [0.25, 0.3) is 5.91 Å². The molecule has 0 aliphatic heterocycles. The van der Waals surface area contributed by atoms with Crippen LogP contribution in [-0.2, 0) is 6.42 Å². The summed E-state index contributed by atoms with van der Waals surface area (Å²) in [5.74, 6) is 0.677. The van der Waals surface area contributed by atoms with E-state index in [1.807, 2.05) is 24.3 Å². The van der Waals surface area contributed by atoms with Crippen LogP contribution < -0.4 is 15.8 Å². The smallest absolute Gasteiger partial charge is 0.271 e. The molecule has 0 aliphatic carbocycles. The summed E-state index contributed by atoms with van der Waals surface area (Å²) in [4.78, 5) is 16.9. The zero-order valence-corrected chi connectivity index (χ0v) is 15.1. The molecule has 2 rings (SSSR count). The molecule has 2 aromatic rings. The van der Waals surface area contributed by atoms with Crippen LogP contribution in [-0.4, -0.2) is 24.5 Å². The Kier molecular flexibility index (Phi) is 7.21. The van der Waals surface area contributed by atoms with Gasteiger partial charge in [0, 0.05) is 11.8 Å². The maximum absolute atomic E-state index is 12.5. The Morgan fingerprint density at radius 3 is 2.75 bits per heavy atom. The molecule has 0 spiro atoms. The van der Waals surface area contributed by atoms with Gasteiger partial charge in [0.1, 0.15) is 11.4 Å². The summed E-state index contributed by atoms with van der Waals surface area (Å²) in [7, 11) is 1.65. The minimum Gasteiger partial charge on any atom is -0.497 e. The summed E-state index contributed by atoms with van der Waals surface area (Å²) in [5.41, 5.74) is 7.09. The summed E-state index contributed by atoms with van der Waals surface area (Å²) >= 11 is 1.48. The van der Waals surface area contributed by atoms with Gasteiger partial charge in [0.2, 0.25) is 0 Å². The van der Waals surface area contributed by atoms with Crippen LogP contribution in [0, 0.1) is 0 Å². The topological polar surface area (TPSA) is 77.2 Å². The molecule has 130 valence electrons. The maximum Gasteiger partial charge on any atom is 0.271 e. The lowest BCUT2D eigenvalue weighted by Crippen LogP contribution is -2.29. The van der Waals surface area contributed by atoms with Gasteiger partial charge in [-0.25, -0.2) is 4.98 Å². The monoisotopic (exact) mass is 347 g/mol. The Bertz CT molecular complexity index is 640. The summed E-state index contributed by atoms with van der Waals surface area (Å²) in [6, 6.07) is 7.81. The van der Waals surface area contributed by atoms with Gasteiger partial charge in [-0.2, -0.15) is 0 Å². The average molecular weight is 347 g/mol. The van der Waals surface area contributed by atoms with Gasteiger partial charge >= 0.3 is 0 Å². The van der Waals surface area contributed by atoms with Crippen molar-refractivity contribution in [1.82, 2.24) is 10.3 Å². The van der Waals surface area contributed by atoms with Gasteiger partial charge in [0.05, 0.1) is 18.2 Å². The number of carbonyl (C=O) groups is 1. The van der Waals surface area contributed by atoms with Crippen LogP contribution in [0.2, 0.25) is 0 Å². The highest BCUT2D eigenvalue weighted by atomic mass is 32.1. The zero-order valence-electron chi connectivity index (χ0n) is 14.2. The number of methoxy groups -OCH3 is 1. The molecule has 1 heterocycles. The standard InChI is InChI=1S/C18H25N3O2S/c1-3-4-5-15(13-6-8-14(23-2)9-7-13)21-18(22)16-12-24-17(20-16)10-11-19/h6-9,12,15H,3-5,10-11,19H2,1-2H3,(H,21,22). The van der Waals surface area contributed by atoms with Crippen molar-refractivity contribution < 1.29 is 9.53 Å². The number of nitrogens with one attached hydrogen (secondary N) is 1. The van der Waals surface area contributed by atoms with Crippen molar-refractivity contribution >= 4 is 17.2 Å². The fourth-order valence-electron chi connectivity index (χ4n) is 2.45. The van der Waals surface area contributed by atoms with E-state index in [0.29, 0.717) is 18.7 Å². The molecule has 24 heavy (non-hydrogen) atoms. The third-order valence-electron chi connectivity index (χ3n) is 3.81. The van der Waals surface area contributed by atoms with Crippen molar-refractivity contribution in [3.8, 4) is 5.75 Å². The Labute approximate surface area is 147 Å². The second-order valence-corrected chi connectivity index (χ2v) is 6.55. The van der Waals surface area contributed by atoms with Gasteiger partial charge < -0.3 is 15.8 Å². The number of hydrogen-bond donors (Lipinski definition) is 2. The molecule has 0 radical (unpaired) electrons. The molecule has 0 bridgehead atoms. The van der Waals surface area contributed by atoms with E-state index < -0.39 is 0 Å². The van der Waals surface area contributed by atoms with Crippen LogP contribution >= 0.6 is 11.3 Å². The first kappa shape index (κ1) is 18.4. The molecule has 0 aliphatic rings. The predicted molar refractivity (Wildman–Crippen MR) is 97.6 cm³/mol. The second-order valence-electron chi connectivity index (χ2n) is 5.61. The van der Waals surface area contributed by atoms with E-state index >= 15 is 0 Å². The zero-order chi connectivity index (χ0) is 17.4. The van der Waals surface area contributed by atoms with E-state index in [4.69, 9.17) is 10.5 Å². The van der Waals surface area contributed by atoms with Crippen molar-refractivity contribution in [2.75, 3.05) is 13.7 Å². The van der Waals surface area contributed by atoms with E-state index in [9.17, 15) is 4.79 Å².